The summed E-state index contributed by atoms with van der Waals surface area (Å²) in [6.45, 7) is 7.82. The Kier molecular flexibility index (Phi) is 5.44. The highest BCUT2D eigenvalue weighted by Gasteiger charge is 2.40. The smallest absolute Gasteiger partial charge is 0.242 e. The van der Waals surface area contributed by atoms with Gasteiger partial charge in [0.15, 0.2) is 0 Å². The lowest BCUT2D eigenvalue weighted by Gasteiger charge is -2.19. The monoisotopic (exact) mass is 269 g/mol. The summed E-state index contributed by atoms with van der Waals surface area (Å²) in [6.07, 6.45) is 0.273. The summed E-state index contributed by atoms with van der Waals surface area (Å²) in [5.41, 5.74) is 0.0931. The van der Waals surface area contributed by atoms with Crippen molar-refractivity contribution in [2.75, 3.05) is 6.54 Å². The van der Waals surface area contributed by atoms with Crippen molar-refractivity contribution in [1.82, 2.24) is 4.90 Å². The lowest BCUT2D eigenvalue weighted by molar-refractivity contribution is -0.139. The fraction of sp³-hybridized carbons (Fsp3) is 0.750. The first-order valence-corrected chi connectivity index (χ1v) is 7.33. The van der Waals surface area contributed by atoms with Crippen LogP contribution in [0.3, 0.4) is 0 Å². The molecule has 0 saturated carbocycles. The molecule has 0 bridgehead atoms. The number of carbonyl (C=O) groups is 3. The number of amides is 2. The van der Waals surface area contributed by atoms with Crippen LogP contribution in [-0.2, 0) is 14.4 Å². The van der Waals surface area contributed by atoms with Crippen molar-refractivity contribution >= 4 is 36.5 Å². The fourth-order valence-electron chi connectivity index (χ4n) is 2.00. The van der Waals surface area contributed by atoms with Gasteiger partial charge in [-0.15, -0.1) is 11.8 Å². The van der Waals surface area contributed by atoms with Gasteiger partial charge in [0.25, 0.3) is 0 Å². The highest BCUT2D eigenvalue weighted by Crippen LogP contribution is 2.28. The minimum atomic E-state index is -0.263. The third-order valence-corrected chi connectivity index (χ3v) is 4.23. The van der Waals surface area contributed by atoms with Crippen LogP contribution < -0.4 is 0 Å². The van der Waals surface area contributed by atoms with Crippen LogP contribution in [0, 0.1) is 5.92 Å². The zero-order valence-corrected chi connectivity index (χ0v) is 12.3. The molecule has 2 amide bonds. The Labute approximate surface area is 113 Å². The molecule has 100 valence electrons. The highest BCUT2D eigenvalue weighted by molar-refractivity contribution is 8.01. The predicted molar refractivity (Wildman–Crippen MR) is 75.0 cm³/mol. The summed E-state index contributed by atoms with van der Waals surface area (Å²) in [6, 6.07) is 0. The number of likely N-dealkylation sites (tertiary alicyclic amines) is 1. The number of thioether (sulfide) groups is 1. The molecule has 2 unspecified atom stereocenters. The zero-order valence-electron chi connectivity index (χ0n) is 11.4. The summed E-state index contributed by atoms with van der Waals surface area (Å²) < 4.78 is 0. The number of rotatable bonds is 6. The molecular formula is C12H20BNO3S. The van der Waals surface area contributed by atoms with E-state index in [1.54, 1.807) is 13.7 Å². The first-order chi connectivity index (χ1) is 8.36. The summed E-state index contributed by atoms with van der Waals surface area (Å²) in [7, 11) is 0.446. The molecule has 1 fully saturated rings. The Morgan fingerprint density at radius 2 is 2.06 bits per heavy atom. The molecule has 1 aliphatic rings. The average molecular weight is 269 g/mol. The second kappa shape index (κ2) is 6.41. The Balaban J connectivity index is 2.64. The number of nitrogens with zero attached hydrogens (tertiary/aromatic N) is 1. The molecule has 1 heterocycles. The molecule has 18 heavy (non-hydrogen) atoms. The third kappa shape index (κ3) is 3.61. The SMILES string of the molecule is CBC(=O)C(C)CN1C(=O)CC(SC(C)C)C1=O. The molecule has 0 aromatic rings. The zero-order chi connectivity index (χ0) is 13.9. The molecule has 0 spiro atoms. The third-order valence-electron chi connectivity index (χ3n) is 2.99. The number of hydrogen-bond donors (Lipinski definition) is 0. The van der Waals surface area contributed by atoms with E-state index in [0.717, 1.165) is 0 Å². The van der Waals surface area contributed by atoms with Gasteiger partial charge < -0.3 is 4.79 Å². The van der Waals surface area contributed by atoms with Crippen LogP contribution in [0.15, 0.2) is 0 Å². The van der Waals surface area contributed by atoms with Gasteiger partial charge in [-0.05, 0) is 5.25 Å². The van der Waals surface area contributed by atoms with E-state index in [9.17, 15) is 14.4 Å². The molecule has 4 nitrogen and oxygen atoms in total. The van der Waals surface area contributed by atoms with Crippen molar-refractivity contribution in [3.05, 3.63) is 0 Å². The van der Waals surface area contributed by atoms with E-state index in [1.165, 1.54) is 16.7 Å². The largest absolute Gasteiger partial charge is 0.311 e. The van der Waals surface area contributed by atoms with Gasteiger partial charge in [-0.1, -0.05) is 27.6 Å². The van der Waals surface area contributed by atoms with Gasteiger partial charge in [0.1, 0.15) is 0 Å². The van der Waals surface area contributed by atoms with E-state index in [4.69, 9.17) is 0 Å². The van der Waals surface area contributed by atoms with Gasteiger partial charge in [-0.25, -0.2) is 0 Å². The maximum Gasteiger partial charge on any atom is 0.242 e. The molecular weight excluding hydrogens is 249 g/mol. The Morgan fingerprint density at radius 1 is 1.44 bits per heavy atom. The Hall–Kier alpha value is -0.775. The summed E-state index contributed by atoms with van der Waals surface area (Å²) >= 11 is 1.52. The summed E-state index contributed by atoms with van der Waals surface area (Å²) in [4.78, 5) is 36.7. The minimum absolute atomic E-state index is 0.0931. The van der Waals surface area contributed by atoms with Crippen LogP contribution in [-0.4, -0.2) is 46.7 Å². The maximum atomic E-state index is 12.1. The highest BCUT2D eigenvalue weighted by atomic mass is 32.2. The second-order valence-electron chi connectivity index (χ2n) is 4.94. The topological polar surface area (TPSA) is 54.5 Å². The molecule has 1 saturated heterocycles. The minimum Gasteiger partial charge on any atom is -0.311 e. The second-order valence-corrected chi connectivity index (χ2v) is 6.73. The van der Waals surface area contributed by atoms with Crippen molar-refractivity contribution in [3.63, 3.8) is 0 Å². The van der Waals surface area contributed by atoms with Crippen LogP contribution in [0.25, 0.3) is 0 Å². The van der Waals surface area contributed by atoms with Gasteiger partial charge in [-0.2, -0.15) is 0 Å². The van der Waals surface area contributed by atoms with Crippen molar-refractivity contribution in [3.8, 4) is 0 Å². The van der Waals surface area contributed by atoms with Gasteiger partial charge in [0.2, 0.25) is 19.1 Å². The lowest BCUT2D eigenvalue weighted by Crippen LogP contribution is -2.38. The van der Waals surface area contributed by atoms with Crippen molar-refractivity contribution in [2.45, 2.75) is 44.5 Å². The molecule has 0 aliphatic carbocycles. The maximum absolute atomic E-state index is 12.1. The summed E-state index contributed by atoms with van der Waals surface area (Å²) in [5.74, 6) is -0.533. The van der Waals surface area contributed by atoms with Gasteiger partial charge in [-0.3, -0.25) is 14.5 Å². The lowest BCUT2D eigenvalue weighted by atomic mass is 9.71. The van der Waals surface area contributed by atoms with Crippen LogP contribution in [0.4, 0.5) is 0 Å². The molecule has 1 aliphatic heterocycles. The van der Waals surface area contributed by atoms with E-state index >= 15 is 0 Å². The van der Waals surface area contributed by atoms with Crippen LogP contribution in [0.1, 0.15) is 27.2 Å². The van der Waals surface area contributed by atoms with E-state index < -0.39 is 0 Å². The molecule has 0 N–H and O–H groups in total. The first kappa shape index (κ1) is 15.3. The molecule has 0 aromatic heterocycles. The van der Waals surface area contributed by atoms with Crippen molar-refractivity contribution in [1.29, 1.82) is 0 Å². The van der Waals surface area contributed by atoms with Crippen molar-refractivity contribution in [2.24, 2.45) is 5.92 Å². The predicted octanol–water partition coefficient (Wildman–Crippen LogP) is 0.903. The molecule has 1 rings (SSSR count). The Morgan fingerprint density at radius 3 is 2.56 bits per heavy atom. The Bertz CT molecular complexity index is 359. The van der Waals surface area contributed by atoms with E-state index in [0.29, 0.717) is 12.5 Å². The molecule has 0 aromatic carbocycles. The molecule has 0 radical (unpaired) electrons. The first-order valence-electron chi connectivity index (χ1n) is 6.39. The fourth-order valence-corrected chi connectivity index (χ4v) is 3.14. The normalized spacial score (nSPS) is 21.6. The molecule has 6 heteroatoms. The van der Waals surface area contributed by atoms with Crippen LogP contribution in [0.5, 0.6) is 0 Å². The van der Waals surface area contributed by atoms with Gasteiger partial charge in [0, 0.05) is 18.9 Å². The van der Waals surface area contributed by atoms with Crippen molar-refractivity contribution < 1.29 is 14.4 Å². The van der Waals surface area contributed by atoms with Gasteiger partial charge in [0.05, 0.1) is 10.9 Å². The standard InChI is InChI=1S/C12H20BNO3S/c1-7(2)18-9-5-10(15)14(12(9)17)6-8(3)11(16)13-4/h7-9,13H,5-6H2,1-4H3. The molecule has 2 atom stereocenters. The van der Waals surface area contributed by atoms with E-state index in [-0.39, 0.29) is 41.6 Å². The van der Waals surface area contributed by atoms with Crippen LogP contribution in [0.2, 0.25) is 6.82 Å². The number of hydrogen-bond acceptors (Lipinski definition) is 4. The van der Waals surface area contributed by atoms with E-state index in [1.807, 2.05) is 13.8 Å². The van der Waals surface area contributed by atoms with Crippen LogP contribution >= 0.6 is 11.8 Å². The quantitative estimate of drug-likeness (QED) is 0.531. The number of carbonyl (C=O) groups excluding carboxylic acids is 3. The summed E-state index contributed by atoms with van der Waals surface area (Å²) in [5, 5.41) is 0.0582. The number of imide groups is 1. The van der Waals surface area contributed by atoms with E-state index in [2.05, 4.69) is 0 Å². The average Bonchev–Trinajstić information content (AvgIpc) is 2.55. The van der Waals surface area contributed by atoms with Gasteiger partial charge >= 0.3 is 0 Å².